The number of hydrogen-bond acceptors (Lipinski definition) is 6. The molecule has 2 aromatic heterocycles. The monoisotopic (exact) mass is 484 g/mol. The molecule has 0 saturated carbocycles. The van der Waals surface area contributed by atoms with Crippen LogP contribution >= 0.6 is 0 Å². The summed E-state index contributed by atoms with van der Waals surface area (Å²) in [6.45, 7) is 11.7. The predicted molar refractivity (Wildman–Crippen MR) is 141 cm³/mol. The number of rotatable bonds is 6. The molecule has 2 unspecified atom stereocenters. The SMILES string of the molecule is CCC(O)(C#Cc1cncc(C(O)(c2ccc(C(C)C)cc2)C2(C)CN(C)C2)c1)c1cc(C)ncn1. The number of pyridine rings is 1. The van der Waals surface area contributed by atoms with Gasteiger partial charge in [0.1, 0.15) is 11.9 Å². The Hall–Kier alpha value is -3.11. The highest BCUT2D eigenvalue weighted by molar-refractivity contribution is 5.45. The summed E-state index contributed by atoms with van der Waals surface area (Å²) >= 11 is 0. The smallest absolute Gasteiger partial charge is 0.167 e. The standard InChI is InChI=1S/C30H36N4O2/c1-7-29(35,27-14-22(4)32-20-33-27)13-12-23-15-26(17-31-16-23)30(36,28(5)18-34(6)19-28)25-10-8-24(9-11-25)21(2)3/h8-11,14-17,20-21,35-36H,7,18-19H2,1-6H3. The Morgan fingerprint density at radius 2 is 1.75 bits per heavy atom. The van der Waals surface area contributed by atoms with Gasteiger partial charge in [0.25, 0.3) is 0 Å². The van der Waals surface area contributed by atoms with E-state index in [9.17, 15) is 10.2 Å². The minimum Gasteiger partial charge on any atom is -0.380 e. The second-order valence-corrected chi connectivity index (χ2v) is 10.7. The van der Waals surface area contributed by atoms with Gasteiger partial charge in [0.2, 0.25) is 0 Å². The fraction of sp³-hybridized carbons (Fsp3) is 0.433. The first-order valence-electron chi connectivity index (χ1n) is 12.5. The van der Waals surface area contributed by atoms with Gasteiger partial charge >= 0.3 is 0 Å². The van der Waals surface area contributed by atoms with E-state index in [0.29, 0.717) is 29.2 Å². The first-order valence-corrected chi connectivity index (χ1v) is 12.5. The average molecular weight is 485 g/mol. The van der Waals surface area contributed by atoms with Crippen molar-refractivity contribution in [1.82, 2.24) is 19.9 Å². The van der Waals surface area contributed by atoms with Gasteiger partial charge in [-0.05, 0) is 49.6 Å². The van der Waals surface area contributed by atoms with Crippen LogP contribution in [0, 0.1) is 24.2 Å². The van der Waals surface area contributed by atoms with E-state index in [-0.39, 0.29) is 0 Å². The van der Waals surface area contributed by atoms with Crippen molar-refractivity contribution in [2.75, 3.05) is 20.1 Å². The molecule has 0 radical (unpaired) electrons. The molecule has 6 heteroatoms. The third-order valence-electron chi connectivity index (χ3n) is 7.42. The number of nitrogens with zero attached hydrogens (tertiary/aromatic N) is 4. The molecule has 6 nitrogen and oxygen atoms in total. The van der Waals surface area contributed by atoms with Crippen molar-refractivity contribution in [2.24, 2.45) is 5.41 Å². The maximum Gasteiger partial charge on any atom is 0.167 e. The summed E-state index contributed by atoms with van der Waals surface area (Å²) in [6.07, 6.45) is 5.20. The van der Waals surface area contributed by atoms with Gasteiger partial charge in [0.05, 0.1) is 5.69 Å². The number of aromatic nitrogens is 3. The summed E-state index contributed by atoms with van der Waals surface area (Å²) in [5.74, 6) is 6.51. The topological polar surface area (TPSA) is 82.4 Å². The van der Waals surface area contributed by atoms with E-state index >= 15 is 0 Å². The van der Waals surface area contributed by atoms with Crippen molar-refractivity contribution in [3.05, 3.63) is 88.8 Å². The Morgan fingerprint density at radius 1 is 1.06 bits per heavy atom. The largest absolute Gasteiger partial charge is 0.380 e. The lowest BCUT2D eigenvalue weighted by Crippen LogP contribution is -2.63. The fourth-order valence-electron chi connectivity index (χ4n) is 5.24. The molecule has 1 saturated heterocycles. The molecule has 36 heavy (non-hydrogen) atoms. The molecule has 1 aliphatic rings. The number of hydrogen-bond donors (Lipinski definition) is 2. The van der Waals surface area contributed by atoms with E-state index in [1.807, 2.05) is 32.0 Å². The first kappa shape index (κ1) is 26.0. The van der Waals surface area contributed by atoms with Crippen LogP contribution in [0.25, 0.3) is 0 Å². The highest BCUT2D eigenvalue weighted by Crippen LogP contribution is 2.50. The normalized spacial score (nSPS) is 18.5. The summed E-state index contributed by atoms with van der Waals surface area (Å²) in [6, 6.07) is 11.9. The molecule has 1 fully saturated rings. The number of benzene rings is 1. The van der Waals surface area contributed by atoms with Gasteiger partial charge < -0.3 is 15.1 Å². The molecule has 0 aliphatic carbocycles. The highest BCUT2D eigenvalue weighted by atomic mass is 16.3. The third kappa shape index (κ3) is 4.67. The minimum atomic E-state index is -1.41. The van der Waals surface area contributed by atoms with Crippen LogP contribution in [0.2, 0.25) is 0 Å². The maximum atomic E-state index is 12.4. The first-order chi connectivity index (χ1) is 17.0. The summed E-state index contributed by atoms with van der Waals surface area (Å²) in [5.41, 5.74) is 1.59. The van der Waals surface area contributed by atoms with Crippen LogP contribution in [0.4, 0.5) is 0 Å². The third-order valence-corrected chi connectivity index (χ3v) is 7.42. The van der Waals surface area contributed by atoms with Gasteiger partial charge in [0, 0.05) is 47.7 Å². The van der Waals surface area contributed by atoms with Crippen molar-refractivity contribution < 1.29 is 10.2 Å². The molecule has 0 spiro atoms. The molecule has 3 aromatic rings. The quantitative estimate of drug-likeness (QED) is 0.512. The summed E-state index contributed by atoms with van der Waals surface area (Å²) in [7, 11) is 2.06. The molecular formula is C30H36N4O2. The Bertz CT molecular complexity index is 1290. The molecule has 4 rings (SSSR count). The Kier molecular flexibility index (Phi) is 7.03. The highest BCUT2D eigenvalue weighted by Gasteiger charge is 2.55. The predicted octanol–water partition coefficient (Wildman–Crippen LogP) is 4.14. The van der Waals surface area contributed by atoms with Crippen LogP contribution in [-0.2, 0) is 11.2 Å². The van der Waals surface area contributed by atoms with Crippen molar-refractivity contribution in [3.8, 4) is 11.8 Å². The zero-order chi connectivity index (χ0) is 26.1. The van der Waals surface area contributed by atoms with E-state index in [2.05, 4.69) is 71.6 Å². The van der Waals surface area contributed by atoms with Crippen LogP contribution in [0.5, 0.6) is 0 Å². The fourth-order valence-corrected chi connectivity index (χ4v) is 5.24. The van der Waals surface area contributed by atoms with Crippen LogP contribution < -0.4 is 0 Å². The molecule has 2 N–H and O–H groups in total. The Labute approximate surface area is 214 Å². The lowest BCUT2D eigenvalue weighted by molar-refractivity contribution is -0.127. The number of aliphatic hydroxyl groups is 2. The lowest BCUT2D eigenvalue weighted by atomic mass is 9.62. The zero-order valence-corrected chi connectivity index (χ0v) is 22.1. The molecule has 2 atom stereocenters. The second kappa shape index (κ2) is 9.74. The van der Waals surface area contributed by atoms with Gasteiger partial charge in [-0.2, -0.15) is 0 Å². The van der Waals surface area contributed by atoms with E-state index in [1.165, 1.54) is 11.9 Å². The van der Waals surface area contributed by atoms with Crippen LogP contribution in [0.1, 0.15) is 73.7 Å². The summed E-state index contributed by atoms with van der Waals surface area (Å²) < 4.78 is 0. The van der Waals surface area contributed by atoms with Crippen molar-refractivity contribution >= 4 is 0 Å². The van der Waals surface area contributed by atoms with Crippen LogP contribution in [0.15, 0.2) is 55.1 Å². The van der Waals surface area contributed by atoms with Gasteiger partial charge in [-0.3, -0.25) is 4.98 Å². The van der Waals surface area contributed by atoms with E-state index in [1.54, 1.807) is 18.5 Å². The maximum absolute atomic E-state index is 12.4. The van der Waals surface area contributed by atoms with E-state index < -0.39 is 16.6 Å². The van der Waals surface area contributed by atoms with Gasteiger partial charge in [-0.15, -0.1) is 0 Å². The Balaban J connectivity index is 1.77. The molecule has 0 bridgehead atoms. The van der Waals surface area contributed by atoms with Crippen molar-refractivity contribution in [1.29, 1.82) is 0 Å². The minimum absolute atomic E-state index is 0.375. The molecule has 188 valence electrons. The average Bonchev–Trinajstić information content (AvgIpc) is 2.86. The van der Waals surface area contributed by atoms with E-state index in [4.69, 9.17) is 0 Å². The second-order valence-electron chi connectivity index (χ2n) is 10.7. The van der Waals surface area contributed by atoms with Crippen LogP contribution in [-0.4, -0.2) is 50.2 Å². The van der Waals surface area contributed by atoms with E-state index in [0.717, 1.165) is 24.3 Å². The van der Waals surface area contributed by atoms with Crippen molar-refractivity contribution in [3.63, 3.8) is 0 Å². The molecular weight excluding hydrogens is 448 g/mol. The Morgan fingerprint density at radius 3 is 2.33 bits per heavy atom. The summed E-state index contributed by atoms with van der Waals surface area (Å²) in [5, 5.41) is 23.6. The molecule has 1 aromatic carbocycles. The number of likely N-dealkylation sites (tertiary alicyclic amines) is 1. The van der Waals surface area contributed by atoms with Gasteiger partial charge in [0.15, 0.2) is 5.60 Å². The molecule has 3 heterocycles. The van der Waals surface area contributed by atoms with Gasteiger partial charge in [-0.25, -0.2) is 9.97 Å². The van der Waals surface area contributed by atoms with Crippen LogP contribution in [0.3, 0.4) is 0 Å². The molecule has 0 amide bonds. The van der Waals surface area contributed by atoms with Crippen molar-refractivity contribution in [2.45, 2.75) is 58.2 Å². The molecule has 1 aliphatic heterocycles. The lowest BCUT2D eigenvalue weighted by Gasteiger charge is -2.55. The number of aryl methyl sites for hydroxylation is 1. The van der Waals surface area contributed by atoms with Gasteiger partial charge in [-0.1, -0.05) is 63.8 Å². The zero-order valence-electron chi connectivity index (χ0n) is 22.1. The summed E-state index contributed by atoms with van der Waals surface area (Å²) in [4.78, 5) is 15.0.